The number of nitrogens with zero attached hydrogens (tertiary/aromatic N) is 2. The maximum atomic E-state index is 14.5. The van der Waals surface area contributed by atoms with Crippen LogP contribution >= 0.6 is 0 Å². The van der Waals surface area contributed by atoms with Gasteiger partial charge in [0.25, 0.3) is 0 Å². The van der Waals surface area contributed by atoms with Gasteiger partial charge in [-0.15, -0.1) is 0 Å². The van der Waals surface area contributed by atoms with Gasteiger partial charge in [0.1, 0.15) is 10.7 Å². The van der Waals surface area contributed by atoms with Gasteiger partial charge in [-0.1, -0.05) is 66.7 Å². The summed E-state index contributed by atoms with van der Waals surface area (Å²) < 4.78 is 45.7. The predicted octanol–water partition coefficient (Wildman–Crippen LogP) is 6.08. The number of aryl methyl sites for hydroxylation is 2. The van der Waals surface area contributed by atoms with E-state index in [9.17, 15) is 17.6 Å². The third-order valence-electron chi connectivity index (χ3n) is 8.50. The second-order valence-electron chi connectivity index (χ2n) is 11.4. The lowest BCUT2D eigenvalue weighted by Gasteiger charge is -2.38. The van der Waals surface area contributed by atoms with E-state index in [0.717, 1.165) is 29.5 Å². The van der Waals surface area contributed by atoms with Crippen LogP contribution in [0, 0.1) is 5.82 Å². The smallest absolute Gasteiger partial charge is 0.243 e. The van der Waals surface area contributed by atoms with Crippen molar-refractivity contribution in [3.05, 3.63) is 120 Å². The summed E-state index contributed by atoms with van der Waals surface area (Å²) in [6, 6.07) is 29.2. The highest BCUT2D eigenvalue weighted by Crippen LogP contribution is 2.35. The van der Waals surface area contributed by atoms with E-state index in [1.54, 1.807) is 30.3 Å². The van der Waals surface area contributed by atoms with Crippen molar-refractivity contribution >= 4 is 33.0 Å². The van der Waals surface area contributed by atoms with Crippen molar-refractivity contribution in [1.29, 1.82) is 0 Å². The van der Waals surface area contributed by atoms with Crippen LogP contribution in [-0.4, -0.2) is 40.5 Å². The van der Waals surface area contributed by atoms with Gasteiger partial charge in [0, 0.05) is 44.3 Å². The fourth-order valence-corrected chi connectivity index (χ4v) is 7.72. The molecule has 1 aliphatic heterocycles. The highest BCUT2D eigenvalue weighted by molar-refractivity contribution is 7.89. The molecule has 4 aromatic carbocycles. The van der Waals surface area contributed by atoms with Crippen LogP contribution in [0.25, 0.3) is 0 Å². The maximum Gasteiger partial charge on any atom is 0.243 e. The molecule has 0 spiro atoms. The zero-order valence-corrected chi connectivity index (χ0v) is 25.4. The molecule has 1 saturated heterocycles. The molecule has 0 unspecified atom stereocenters. The van der Waals surface area contributed by atoms with E-state index in [1.807, 2.05) is 64.4 Å². The highest BCUT2D eigenvalue weighted by Gasteiger charge is 2.30. The number of anilines is 3. The monoisotopic (exact) mass is 612 g/mol. The lowest BCUT2D eigenvalue weighted by Crippen LogP contribution is -2.47. The van der Waals surface area contributed by atoms with E-state index in [-0.39, 0.29) is 29.1 Å². The van der Waals surface area contributed by atoms with E-state index in [1.165, 1.54) is 6.07 Å². The number of halogens is 1. The molecule has 0 saturated carbocycles. The molecular weight excluding hydrogens is 575 g/mol. The molecule has 1 fully saturated rings. The molecule has 1 aliphatic carbocycles. The summed E-state index contributed by atoms with van der Waals surface area (Å²) in [6.45, 7) is 2.13. The third-order valence-corrected chi connectivity index (χ3v) is 10.00. The van der Waals surface area contributed by atoms with Crippen molar-refractivity contribution in [3.63, 3.8) is 0 Å². The van der Waals surface area contributed by atoms with E-state index >= 15 is 0 Å². The molecule has 4 aromatic rings. The fourth-order valence-electron chi connectivity index (χ4n) is 6.22. The van der Waals surface area contributed by atoms with Crippen molar-refractivity contribution in [1.82, 2.24) is 4.72 Å². The van der Waals surface area contributed by atoms with Crippen molar-refractivity contribution < 1.29 is 17.6 Å². The number of sulfonamides is 1. The lowest BCUT2D eigenvalue weighted by molar-refractivity contribution is -0.116. The largest absolute Gasteiger partial charge is 0.367 e. The second kappa shape index (κ2) is 13.2. The van der Waals surface area contributed by atoms with Crippen LogP contribution in [0.4, 0.5) is 21.5 Å². The SMILES string of the molecule is O=C(CCc1ccccc1)Nc1ccc(N2CCN(c3ccccc3F)CC2)c(S(=O)(=O)N[C@H]2CCCc3ccccc32)c1. The highest BCUT2D eigenvalue weighted by atomic mass is 32.2. The minimum absolute atomic E-state index is 0.126. The summed E-state index contributed by atoms with van der Waals surface area (Å²) in [6.07, 6.45) is 3.40. The van der Waals surface area contributed by atoms with Crippen molar-refractivity contribution in [2.45, 2.75) is 43.0 Å². The number of para-hydroxylation sites is 1. The van der Waals surface area contributed by atoms with Gasteiger partial charge in [0.05, 0.1) is 11.4 Å². The first-order valence-corrected chi connectivity index (χ1v) is 16.7. The molecule has 0 aromatic heterocycles. The number of carbonyl (C=O) groups is 1. The summed E-state index contributed by atoms with van der Waals surface area (Å²) in [5.41, 5.74) is 4.78. The van der Waals surface area contributed by atoms with Crippen molar-refractivity contribution in [3.8, 4) is 0 Å². The van der Waals surface area contributed by atoms with Gasteiger partial charge in [-0.05, 0) is 72.7 Å². The number of benzene rings is 4. The van der Waals surface area contributed by atoms with E-state index in [2.05, 4.69) is 16.1 Å². The topological polar surface area (TPSA) is 81.8 Å². The summed E-state index contributed by atoms with van der Waals surface area (Å²) in [7, 11) is -3.99. The van der Waals surface area contributed by atoms with Crippen LogP contribution in [0.5, 0.6) is 0 Å². The first-order valence-electron chi connectivity index (χ1n) is 15.2. The Morgan fingerprint density at radius 1 is 0.818 bits per heavy atom. The maximum absolute atomic E-state index is 14.5. The van der Waals surface area contributed by atoms with Crippen molar-refractivity contribution in [2.75, 3.05) is 41.3 Å². The molecule has 0 bridgehead atoms. The zero-order valence-electron chi connectivity index (χ0n) is 24.6. The number of hydrogen-bond acceptors (Lipinski definition) is 5. The minimum atomic E-state index is -3.99. The number of amides is 1. The predicted molar refractivity (Wildman–Crippen MR) is 173 cm³/mol. The van der Waals surface area contributed by atoms with Crippen LogP contribution < -0.4 is 19.8 Å². The van der Waals surface area contributed by atoms with Gasteiger partial charge in [0.2, 0.25) is 15.9 Å². The summed E-state index contributed by atoms with van der Waals surface area (Å²) in [5.74, 6) is -0.453. The first kappa shape index (κ1) is 29.8. The van der Waals surface area contributed by atoms with E-state index < -0.39 is 10.0 Å². The van der Waals surface area contributed by atoms with Gasteiger partial charge < -0.3 is 15.1 Å². The molecule has 228 valence electrons. The molecule has 1 atom stereocenters. The van der Waals surface area contributed by atoms with Crippen LogP contribution in [0.2, 0.25) is 0 Å². The molecule has 1 heterocycles. The Kier molecular flexibility index (Phi) is 8.95. The zero-order chi connectivity index (χ0) is 30.5. The molecule has 9 heteroatoms. The average molecular weight is 613 g/mol. The lowest BCUT2D eigenvalue weighted by atomic mass is 9.88. The summed E-state index contributed by atoms with van der Waals surface area (Å²) in [5, 5.41) is 2.91. The van der Waals surface area contributed by atoms with Gasteiger partial charge in [-0.3, -0.25) is 4.79 Å². The standard InChI is InChI=1S/C35H37FN4O3S/c36-30-14-6-7-16-32(30)39-21-23-40(24-22-39)33-19-18-28(37-35(41)20-17-26-9-2-1-3-10-26)25-34(33)44(42,43)38-31-15-8-12-27-11-4-5-13-29(27)31/h1-7,9-11,13-14,16,18-19,25,31,38H,8,12,15,17,20-24H2,(H,37,41)/t31-/m0/s1. The van der Waals surface area contributed by atoms with Crippen LogP contribution in [0.3, 0.4) is 0 Å². The Balaban J connectivity index is 1.25. The van der Waals surface area contributed by atoms with Gasteiger partial charge in [-0.25, -0.2) is 17.5 Å². The minimum Gasteiger partial charge on any atom is -0.367 e. The number of piperazine rings is 1. The van der Waals surface area contributed by atoms with E-state index in [4.69, 9.17) is 0 Å². The molecule has 6 rings (SSSR count). The Hall–Kier alpha value is -4.21. The molecule has 0 radical (unpaired) electrons. The first-order chi connectivity index (χ1) is 21.4. The molecule has 1 amide bonds. The molecule has 44 heavy (non-hydrogen) atoms. The summed E-state index contributed by atoms with van der Waals surface area (Å²) in [4.78, 5) is 17.0. The van der Waals surface area contributed by atoms with Gasteiger partial charge in [0.15, 0.2) is 0 Å². The fraction of sp³-hybridized carbons (Fsp3) is 0.286. The number of carbonyl (C=O) groups excluding carboxylic acids is 1. The Labute approximate surface area is 258 Å². The molecule has 2 aliphatic rings. The molecular formula is C35H37FN4O3S. The molecule has 7 nitrogen and oxygen atoms in total. The number of nitrogens with one attached hydrogen (secondary N) is 2. The Bertz CT molecular complexity index is 1720. The van der Waals surface area contributed by atoms with Gasteiger partial charge >= 0.3 is 0 Å². The number of hydrogen-bond donors (Lipinski definition) is 2. The number of rotatable bonds is 9. The van der Waals surface area contributed by atoms with Crippen LogP contribution in [0.15, 0.2) is 102 Å². The quantitative estimate of drug-likeness (QED) is 0.240. The number of fused-ring (bicyclic) bond motifs is 1. The second-order valence-corrected chi connectivity index (χ2v) is 13.1. The van der Waals surface area contributed by atoms with Gasteiger partial charge in [-0.2, -0.15) is 0 Å². The normalized spacial score (nSPS) is 16.8. The summed E-state index contributed by atoms with van der Waals surface area (Å²) >= 11 is 0. The van der Waals surface area contributed by atoms with Crippen LogP contribution in [0.1, 0.15) is 42.0 Å². The Morgan fingerprint density at radius 2 is 1.50 bits per heavy atom. The average Bonchev–Trinajstić information content (AvgIpc) is 3.05. The van der Waals surface area contributed by atoms with Crippen LogP contribution in [-0.2, 0) is 27.7 Å². The van der Waals surface area contributed by atoms with E-state index in [0.29, 0.717) is 56.1 Å². The molecule has 2 N–H and O–H groups in total. The van der Waals surface area contributed by atoms with Crippen molar-refractivity contribution in [2.24, 2.45) is 0 Å². The third kappa shape index (κ3) is 6.79. The Morgan fingerprint density at radius 3 is 2.27 bits per heavy atom.